The number of Topliss-reactive ketones (excluding diaryl/α,β-unsaturated/α-hetero) is 1. The van der Waals surface area contributed by atoms with Crippen molar-refractivity contribution in [3.63, 3.8) is 0 Å². The maximum atomic E-state index is 12.8. The quantitative estimate of drug-likeness (QED) is 0.547. The largest absolute Gasteiger partial charge is 0.465 e. The number of fused-ring (bicyclic) bond motifs is 1. The van der Waals surface area contributed by atoms with E-state index in [0.717, 1.165) is 5.52 Å². The molecule has 0 saturated heterocycles. The summed E-state index contributed by atoms with van der Waals surface area (Å²) in [7, 11) is 1.31. The van der Waals surface area contributed by atoms with E-state index in [1.807, 2.05) is 24.3 Å². The second kappa shape index (κ2) is 6.52. The number of methoxy groups -OCH3 is 1. The van der Waals surface area contributed by atoms with Crippen LogP contribution < -0.4 is 0 Å². The van der Waals surface area contributed by atoms with Crippen molar-refractivity contribution in [2.75, 3.05) is 7.11 Å². The van der Waals surface area contributed by atoms with Crippen LogP contribution >= 0.6 is 0 Å². The van der Waals surface area contributed by atoms with Crippen LogP contribution in [0.5, 0.6) is 0 Å². The molecule has 0 aliphatic heterocycles. The summed E-state index contributed by atoms with van der Waals surface area (Å²) in [6.45, 7) is 3.18. The Morgan fingerprint density at radius 2 is 2.00 bits per heavy atom. The summed E-state index contributed by atoms with van der Waals surface area (Å²) in [4.78, 5) is 32.0. The first kappa shape index (κ1) is 16.9. The Morgan fingerprint density at radius 1 is 1.28 bits per heavy atom. The van der Waals surface area contributed by atoms with Gasteiger partial charge in [0.2, 0.25) is 0 Å². The van der Waals surface area contributed by atoms with Crippen molar-refractivity contribution in [1.82, 2.24) is 14.5 Å². The zero-order valence-corrected chi connectivity index (χ0v) is 14.3. The fourth-order valence-electron chi connectivity index (χ4n) is 3.08. The van der Waals surface area contributed by atoms with Gasteiger partial charge in [-0.15, -0.1) is 0 Å². The molecule has 130 valence electrons. The zero-order chi connectivity index (χ0) is 18.1. The number of aliphatic hydroxyl groups excluding tert-OH is 1. The Morgan fingerprint density at radius 3 is 2.68 bits per heavy atom. The normalized spacial score (nSPS) is 11.0. The lowest BCUT2D eigenvalue weighted by Gasteiger charge is -2.07. The maximum Gasteiger partial charge on any atom is 0.339 e. The minimum atomic E-state index is -0.477. The SMILES string of the molecule is COC(=O)c1c(C)[nH]c(C(=O)Cn2c(CO)nc3ccccc32)c1C. The lowest BCUT2D eigenvalue weighted by atomic mass is 10.1. The third kappa shape index (κ3) is 2.83. The number of carbonyl (C=O) groups is 2. The van der Waals surface area contributed by atoms with Crippen molar-refractivity contribution in [3.8, 4) is 0 Å². The number of hydrogen-bond acceptors (Lipinski definition) is 5. The number of aliphatic hydroxyl groups is 1. The van der Waals surface area contributed by atoms with Crippen LogP contribution in [-0.4, -0.2) is 38.5 Å². The van der Waals surface area contributed by atoms with Crippen molar-refractivity contribution < 1.29 is 19.4 Å². The van der Waals surface area contributed by atoms with Crippen LogP contribution in [0.25, 0.3) is 11.0 Å². The molecule has 0 fully saturated rings. The molecule has 0 aliphatic carbocycles. The van der Waals surface area contributed by atoms with Crippen LogP contribution in [0.4, 0.5) is 0 Å². The van der Waals surface area contributed by atoms with Gasteiger partial charge in [-0.1, -0.05) is 12.1 Å². The average Bonchev–Trinajstić information content (AvgIpc) is 3.11. The molecule has 7 nitrogen and oxygen atoms in total. The van der Waals surface area contributed by atoms with Gasteiger partial charge in [0.25, 0.3) is 0 Å². The number of rotatable bonds is 5. The Balaban J connectivity index is 2.00. The molecule has 0 atom stereocenters. The smallest absolute Gasteiger partial charge is 0.339 e. The number of nitrogens with one attached hydrogen (secondary N) is 1. The predicted octanol–water partition coefficient (Wildman–Crippen LogP) is 2.14. The number of aromatic amines is 1. The highest BCUT2D eigenvalue weighted by atomic mass is 16.5. The van der Waals surface area contributed by atoms with Gasteiger partial charge >= 0.3 is 5.97 Å². The fraction of sp³-hybridized carbons (Fsp3) is 0.278. The molecule has 1 aromatic carbocycles. The number of carbonyl (C=O) groups excluding carboxylic acids is 2. The summed E-state index contributed by atoms with van der Waals surface area (Å²) in [5.74, 6) is -0.258. The van der Waals surface area contributed by atoms with Gasteiger partial charge in [0, 0.05) is 5.69 Å². The molecule has 2 N–H and O–H groups in total. The van der Waals surface area contributed by atoms with Crippen LogP contribution in [0.2, 0.25) is 0 Å². The number of H-pyrrole nitrogens is 1. The Hall–Kier alpha value is -2.93. The number of ketones is 1. The minimum absolute atomic E-state index is 0.0117. The minimum Gasteiger partial charge on any atom is -0.465 e. The molecule has 0 unspecified atom stereocenters. The number of aromatic nitrogens is 3. The van der Waals surface area contributed by atoms with E-state index in [-0.39, 0.29) is 18.9 Å². The number of ether oxygens (including phenoxy) is 1. The Bertz CT molecular complexity index is 968. The summed E-state index contributed by atoms with van der Waals surface area (Å²) in [6, 6.07) is 7.38. The molecule has 0 amide bonds. The number of para-hydroxylation sites is 2. The van der Waals surface area contributed by atoms with Crippen molar-refractivity contribution >= 4 is 22.8 Å². The maximum absolute atomic E-state index is 12.8. The average molecular weight is 341 g/mol. The molecule has 3 aromatic rings. The van der Waals surface area contributed by atoms with Gasteiger partial charge in [0.15, 0.2) is 5.78 Å². The molecule has 2 aromatic heterocycles. The molecule has 0 bridgehead atoms. The lowest BCUT2D eigenvalue weighted by molar-refractivity contribution is 0.0599. The summed E-state index contributed by atoms with van der Waals surface area (Å²) in [6.07, 6.45) is 0. The predicted molar refractivity (Wildman–Crippen MR) is 91.6 cm³/mol. The Labute approximate surface area is 144 Å². The van der Waals surface area contributed by atoms with Crippen LogP contribution in [0, 0.1) is 13.8 Å². The molecular formula is C18H19N3O4. The third-order valence-electron chi connectivity index (χ3n) is 4.28. The van der Waals surface area contributed by atoms with Crippen LogP contribution in [0.3, 0.4) is 0 Å². The van der Waals surface area contributed by atoms with E-state index in [1.54, 1.807) is 18.4 Å². The Kier molecular flexibility index (Phi) is 4.41. The number of imidazole rings is 1. The van der Waals surface area contributed by atoms with Crippen molar-refractivity contribution in [2.24, 2.45) is 0 Å². The van der Waals surface area contributed by atoms with Crippen molar-refractivity contribution in [1.29, 1.82) is 0 Å². The molecule has 0 saturated carbocycles. The van der Waals surface area contributed by atoms with Crippen LogP contribution in [-0.2, 0) is 17.9 Å². The first-order chi connectivity index (χ1) is 12.0. The van der Waals surface area contributed by atoms with Crippen LogP contribution in [0.15, 0.2) is 24.3 Å². The number of esters is 1. The van der Waals surface area contributed by atoms with E-state index in [1.165, 1.54) is 7.11 Å². The molecule has 25 heavy (non-hydrogen) atoms. The van der Waals surface area contributed by atoms with Gasteiger partial charge in [-0.05, 0) is 31.5 Å². The van der Waals surface area contributed by atoms with Crippen molar-refractivity contribution in [2.45, 2.75) is 27.0 Å². The highest BCUT2D eigenvalue weighted by Crippen LogP contribution is 2.21. The number of nitrogens with zero attached hydrogens (tertiary/aromatic N) is 2. The van der Waals surface area contributed by atoms with Crippen LogP contribution in [0.1, 0.15) is 37.9 Å². The third-order valence-corrected chi connectivity index (χ3v) is 4.28. The summed E-state index contributed by atoms with van der Waals surface area (Å²) in [5, 5.41) is 9.55. The fourth-order valence-corrected chi connectivity index (χ4v) is 3.08. The van der Waals surface area contributed by atoms with Gasteiger partial charge in [-0.2, -0.15) is 0 Å². The molecule has 7 heteroatoms. The van der Waals surface area contributed by atoms with E-state index in [0.29, 0.717) is 33.9 Å². The first-order valence-electron chi connectivity index (χ1n) is 7.83. The molecule has 3 rings (SSSR count). The second-order valence-corrected chi connectivity index (χ2v) is 5.80. The molecular weight excluding hydrogens is 322 g/mol. The van der Waals surface area contributed by atoms with Crippen molar-refractivity contribution in [3.05, 3.63) is 52.6 Å². The molecule has 0 radical (unpaired) electrons. The van der Waals surface area contributed by atoms with E-state index in [2.05, 4.69) is 9.97 Å². The summed E-state index contributed by atoms with van der Waals surface area (Å²) in [5.41, 5.74) is 3.38. The lowest BCUT2D eigenvalue weighted by Crippen LogP contribution is -2.14. The van der Waals surface area contributed by atoms with Gasteiger partial charge in [-0.25, -0.2) is 9.78 Å². The van der Waals surface area contributed by atoms with E-state index < -0.39 is 5.97 Å². The second-order valence-electron chi connectivity index (χ2n) is 5.80. The van der Waals surface area contributed by atoms with E-state index in [4.69, 9.17) is 4.74 Å². The standard InChI is InChI=1S/C18H19N3O4/c1-10-16(18(24)25-3)11(2)19-17(10)14(23)8-21-13-7-5-4-6-12(13)20-15(21)9-22/h4-7,19,22H,8-9H2,1-3H3. The van der Waals surface area contributed by atoms with Gasteiger partial charge in [-0.3, -0.25) is 4.79 Å². The topological polar surface area (TPSA) is 97.2 Å². The number of benzene rings is 1. The number of hydrogen-bond donors (Lipinski definition) is 2. The monoisotopic (exact) mass is 341 g/mol. The van der Waals surface area contributed by atoms with Gasteiger partial charge < -0.3 is 19.4 Å². The highest BCUT2D eigenvalue weighted by Gasteiger charge is 2.23. The molecule has 2 heterocycles. The molecule has 0 aliphatic rings. The van der Waals surface area contributed by atoms with E-state index in [9.17, 15) is 14.7 Å². The summed E-state index contributed by atoms with van der Waals surface area (Å²) < 4.78 is 6.46. The van der Waals surface area contributed by atoms with E-state index >= 15 is 0 Å². The van der Waals surface area contributed by atoms with Gasteiger partial charge in [0.1, 0.15) is 12.4 Å². The number of aryl methyl sites for hydroxylation is 1. The zero-order valence-electron chi connectivity index (χ0n) is 14.3. The highest BCUT2D eigenvalue weighted by molar-refractivity contribution is 6.01. The summed E-state index contributed by atoms with van der Waals surface area (Å²) >= 11 is 0. The molecule has 0 spiro atoms. The van der Waals surface area contributed by atoms with Gasteiger partial charge in [0.05, 0.1) is 35.9 Å². The first-order valence-corrected chi connectivity index (χ1v) is 7.83.